The molecule has 0 heterocycles. The number of para-hydroxylation sites is 1. The average molecular weight is 360 g/mol. The van der Waals surface area contributed by atoms with Gasteiger partial charge >= 0.3 is 0 Å². The number of benzene rings is 2. The largest absolute Gasteiger partial charge is 0.322 e. The van der Waals surface area contributed by atoms with E-state index in [0.29, 0.717) is 5.56 Å². The molecule has 0 radical (unpaired) electrons. The van der Waals surface area contributed by atoms with Gasteiger partial charge in [0.15, 0.2) is 0 Å². The van der Waals surface area contributed by atoms with E-state index in [9.17, 15) is 13.2 Å². The standard InChI is InChI=1S/C19H24N2O3S/c1-13(2)21(5)25(23,24)17-11-9-16(10-12-17)19(22)20-18-14(3)7-6-8-15(18)4/h6-13H,1-5H3,(H,20,22). The summed E-state index contributed by atoms with van der Waals surface area (Å²) in [4.78, 5) is 12.6. The molecule has 2 rings (SSSR count). The third-order valence-electron chi connectivity index (χ3n) is 4.24. The van der Waals surface area contributed by atoms with E-state index < -0.39 is 10.0 Å². The molecule has 0 aliphatic heterocycles. The predicted molar refractivity (Wildman–Crippen MR) is 100 cm³/mol. The molecular formula is C19H24N2O3S. The molecule has 6 heteroatoms. The van der Waals surface area contributed by atoms with Gasteiger partial charge in [-0.3, -0.25) is 4.79 Å². The van der Waals surface area contributed by atoms with Crippen molar-refractivity contribution in [3.8, 4) is 0 Å². The van der Waals surface area contributed by atoms with Crippen LogP contribution >= 0.6 is 0 Å². The molecule has 1 N–H and O–H groups in total. The van der Waals surface area contributed by atoms with E-state index in [2.05, 4.69) is 5.32 Å². The minimum Gasteiger partial charge on any atom is -0.322 e. The van der Waals surface area contributed by atoms with Gasteiger partial charge in [-0.25, -0.2) is 8.42 Å². The maximum atomic E-state index is 12.5. The van der Waals surface area contributed by atoms with Gasteiger partial charge < -0.3 is 5.32 Å². The fourth-order valence-corrected chi connectivity index (χ4v) is 3.79. The van der Waals surface area contributed by atoms with Crippen molar-refractivity contribution in [1.82, 2.24) is 4.31 Å². The summed E-state index contributed by atoms with van der Waals surface area (Å²) in [7, 11) is -2.01. The van der Waals surface area contributed by atoms with Gasteiger partial charge in [0.05, 0.1) is 4.90 Å². The van der Waals surface area contributed by atoms with E-state index in [0.717, 1.165) is 16.8 Å². The lowest BCUT2D eigenvalue weighted by Gasteiger charge is -2.21. The van der Waals surface area contributed by atoms with E-state index in [1.54, 1.807) is 7.05 Å². The van der Waals surface area contributed by atoms with Crippen molar-refractivity contribution >= 4 is 21.6 Å². The molecular weight excluding hydrogens is 336 g/mol. The van der Waals surface area contributed by atoms with Crippen LogP contribution in [0.5, 0.6) is 0 Å². The third-order valence-corrected chi connectivity index (χ3v) is 6.29. The highest BCUT2D eigenvalue weighted by atomic mass is 32.2. The zero-order chi connectivity index (χ0) is 18.8. The van der Waals surface area contributed by atoms with Gasteiger partial charge in [-0.15, -0.1) is 0 Å². The van der Waals surface area contributed by atoms with E-state index in [1.807, 2.05) is 45.9 Å². The van der Waals surface area contributed by atoms with Crippen LogP contribution in [0, 0.1) is 13.8 Å². The summed E-state index contributed by atoms with van der Waals surface area (Å²) in [5.41, 5.74) is 3.15. The maximum Gasteiger partial charge on any atom is 0.255 e. The van der Waals surface area contributed by atoms with Crippen LogP contribution in [0.2, 0.25) is 0 Å². The van der Waals surface area contributed by atoms with Crippen molar-refractivity contribution in [2.24, 2.45) is 0 Å². The second-order valence-corrected chi connectivity index (χ2v) is 8.36. The van der Waals surface area contributed by atoms with Gasteiger partial charge in [-0.05, 0) is 63.1 Å². The number of amides is 1. The molecule has 25 heavy (non-hydrogen) atoms. The Labute approximate surface area is 149 Å². The molecule has 2 aromatic carbocycles. The second-order valence-electron chi connectivity index (χ2n) is 6.36. The molecule has 0 bridgehead atoms. The number of hydrogen-bond acceptors (Lipinski definition) is 3. The van der Waals surface area contributed by atoms with Gasteiger partial charge in [0.1, 0.15) is 0 Å². The number of anilines is 1. The van der Waals surface area contributed by atoms with Crippen molar-refractivity contribution in [3.05, 3.63) is 59.2 Å². The SMILES string of the molecule is Cc1cccc(C)c1NC(=O)c1ccc(S(=O)(=O)N(C)C(C)C)cc1. The van der Waals surface area contributed by atoms with Crippen LogP contribution in [0.1, 0.15) is 35.3 Å². The molecule has 2 aromatic rings. The summed E-state index contributed by atoms with van der Waals surface area (Å²) in [5.74, 6) is -0.265. The van der Waals surface area contributed by atoms with Crippen LogP contribution in [-0.4, -0.2) is 31.7 Å². The van der Waals surface area contributed by atoms with Gasteiger partial charge in [0.2, 0.25) is 10.0 Å². The Morgan fingerprint density at radius 1 is 1.00 bits per heavy atom. The molecule has 5 nitrogen and oxygen atoms in total. The van der Waals surface area contributed by atoms with Crippen molar-refractivity contribution < 1.29 is 13.2 Å². The Morgan fingerprint density at radius 3 is 2.00 bits per heavy atom. The Balaban J connectivity index is 2.24. The first-order valence-electron chi connectivity index (χ1n) is 8.10. The lowest BCUT2D eigenvalue weighted by molar-refractivity contribution is 0.102. The monoisotopic (exact) mass is 360 g/mol. The van der Waals surface area contributed by atoms with Crippen molar-refractivity contribution in [3.63, 3.8) is 0 Å². The van der Waals surface area contributed by atoms with Crippen molar-refractivity contribution in [2.45, 2.75) is 38.6 Å². The number of sulfonamides is 1. The van der Waals surface area contributed by atoms with E-state index in [4.69, 9.17) is 0 Å². The summed E-state index contributed by atoms with van der Waals surface area (Å²) >= 11 is 0. The van der Waals surface area contributed by atoms with Gasteiger partial charge in [0, 0.05) is 24.3 Å². The number of nitrogens with one attached hydrogen (secondary N) is 1. The van der Waals surface area contributed by atoms with Gasteiger partial charge in [0.25, 0.3) is 5.91 Å². The molecule has 0 aliphatic rings. The Morgan fingerprint density at radius 2 is 1.52 bits per heavy atom. The lowest BCUT2D eigenvalue weighted by atomic mass is 10.1. The van der Waals surface area contributed by atoms with Crippen LogP contribution in [0.4, 0.5) is 5.69 Å². The number of rotatable bonds is 5. The maximum absolute atomic E-state index is 12.5. The molecule has 0 saturated heterocycles. The number of nitrogens with zero attached hydrogens (tertiary/aromatic N) is 1. The molecule has 134 valence electrons. The van der Waals surface area contributed by atoms with E-state index >= 15 is 0 Å². The zero-order valence-corrected chi connectivity index (χ0v) is 16.0. The summed E-state index contributed by atoms with van der Waals surface area (Å²) < 4.78 is 26.2. The molecule has 0 aliphatic carbocycles. The first kappa shape index (κ1) is 19.1. The predicted octanol–water partition coefficient (Wildman–Crippen LogP) is 3.58. The molecule has 0 fully saturated rings. The Kier molecular flexibility index (Phi) is 5.65. The zero-order valence-electron chi connectivity index (χ0n) is 15.2. The van der Waals surface area contributed by atoms with Gasteiger partial charge in [-0.2, -0.15) is 4.31 Å². The number of hydrogen-bond donors (Lipinski definition) is 1. The first-order chi connectivity index (χ1) is 11.6. The highest BCUT2D eigenvalue weighted by Gasteiger charge is 2.23. The Hall–Kier alpha value is -2.18. The number of aryl methyl sites for hydroxylation is 2. The molecule has 0 atom stereocenters. The fourth-order valence-electron chi connectivity index (χ4n) is 2.42. The van der Waals surface area contributed by atoms with Crippen LogP contribution in [0.15, 0.2) is 47.4 Å². The van der Waals surface area contributed by atoms with Gasteiger partial charge in [-0.1, -0.05) is 18.2 Å². The third kappa shape index (κ3) is 4.08. The highest BCUT2D eigenvalue weighted by molar-refractivity contribution is 7.89. The minimum absolute atomic E-state index is 0.142. The smallest absolute Gasteiger partial charge is 0.255 e. The highest BCUT2D eigenvalue weighted by Crippen LogP contribution is 2.21. The number of carbonyl (C=O) groups is 1. The molecule has 0 saturated carbocycles. The molecule has 1 amide bonds. The quantitative estimate of drug-likeness (QED) is 0.886. The van der Waals surface area contributed by atoms with E-state index in [1.165, 1.54) is 28.6 Å². The van der Waals surface area contributed by atoms with Crippen LogP contribution in [-0.2, 0) is 10.0 Å². The fraction of sp³-hybridized carbons (Fsp3) is 0.316. The molecule has 0 aromatic heterocycles. The van der Waals surface area contributed by atoms with Crippen molar-refractivity contribution in [2.75, 3.05) is 12.4 Å². The molecule has 0 unspecified atom stereocenters. The Bertz CT molecular complexity index is 852. The number of carbonyl (C=O) groups excluding carboxylic acids is 1. The van der Waals surface area contributed by atoms with Crippen LogP contribution < -0.4 is 5.32 Å². The average Bonchev–Trinajstić information content (AvgIpc) is 2.57. The van der Waals surface area contributed by atoms with Crippen molar-refractivity contribution in [1.29, 1.82) is 0 Å². The van der Waals surface area contributed by atoms with Crippen LogP contribution in [0.3, 0.4) is 0 Å². The topological polar surface area (TPSA) is 66.5 Å². The minimum atomic E-state index is -3.55. The summed E-state index contributed by atoms with van der Waals surface area (Å²) in [6, 6.07) is 11.7. The normalized spacial score (nSPS) is 11.8. The summed E-state index contributed by atoms with van der Waals surface area (Å²) in [6.07, 6.45) is 0. The summed E-state index contributed by atoms with van der Waals surface area (Å²) in [5, 5.41) is 2.90. The van der Waals surface area contributed by atoms with Crippen LogP contribution in [0.25, 0.3) is 0 Å². The summed E-state index contributed by atoms with van der Waals surface area (Å²) in [6.45, 7) is 7.48. The lowest BCUT2D eigenvalue weighted by Crippen LogP contribution is -2.33. The first-order valence-corrected chi connectivity index (χ1v) is 9.54. The molecule has 0 spiro atoms. The second kappa shape index (κ2) is 7.37. The van der Waals surface area contributed by atoms with E-state index in [-0.39, 0.29) is 16.8 Å².